The highest BCUT2D eigenvalue weighted by Gasteiger charge is 2.15. The van der Waals surface area contributed by atoms with Crippen LogP contribution in [-0.4, -0.2) is 36.6 Å². The fourth-order valence-electron chi connectivity index (χ4n) is 1.84. The number of hydrogen-bond donors (Lipinski definition) is 2. The molecule has 0 bridgehead atoms. The minimum absolute atomic E-state index is 0.0281. The molecule has 0 heterocycles. The monoisotopic (exact) mass is 314 g/mol. The molecule has 0 saturated carbocycles. The van der Waals surface area contributed by atoms with Crippen LogP contribution in [-0.2, 0) is 11.3 Å². The van der Waals surface area contributed by atoms with E-state index in [9.17, 15) is 9.90 Å². The summed E-state index contributed by atoms with van der Waals surface area (Å²) in [5.41, 5.74) is 0.844. The molecule has 1 rings (SSSR count). The topological polar surface area (TPSA) is 52.6 Å². The van der Waals surface area contributed by atoms with Crippen molar-refractivity contribution < 1.29 is 9.90 Å². The number of nitrogens with zero attached hydrogens (tertiary/aromatic N) is 1. The zero-order valence-corrected chi connectivity index (χ0v) is 12.5. The van der Waals surface area contributed by atoms with Crippen molar-refractivity contribution in [3.05, 3.63) is 28.2 Å². The van der Waals surface area contributed by atoms with E-state index in [1.165, 1.54) is 0 Å². The van der Waals surface area contributed by atoms with Gasteiger partial charge in [0.15, 0.2) is 0 Å². The number of phenols is 1. The number of phenolic OH excluding ortho intramolecular Hbond substituents is 1. The number of halogens is 1. The highest BCUT2D eigenvalue weighted by molar-refractivity contribution is 9.10. The van der Waals surface area contributed by atoms with Crippen molar-refractivity contribution in [3.8, 4) is 5.75 Å². The number of aromatic hydroxyl groups is 1. The number of amides is 1. The Morgan fingerprint density at radius 2 is 2.22 bits per heavy atom. The third-order valence-corrected chi connectivity index (χ3v) is 3.43. The zero-order valence-electron chi connectivity index (χ0n) is 10.9. The lowest BCUT2D eigenvalue weighted by Gasteiger charge is -2.21. The molecule has 1 atom stereocenters. The molecule has 0 aliphatic carbocycles. The summed E-state index contributed by atoms with van der Waals surface area (Å²) in [4.78, 5) is 13.4. The number of hydrogen-bond acceptors (Lipinski definition) is 3. The minimum Gasteiger partial charge on any atom is -0.506 e. The summed E-state index contributed by atoms with van der Waals surface area (Å²) in [5.74, 6) is 0.214. The first-order valence-electron chi connectivity index (χ1n) is 5.82. The largest absolute Gasteiger partial charge is 0.506 e. The average Bonchev–Trinajstić information content (AvgIpc) is 2.33. The number of carbonyl (C=O) groups excluding carboxylic acids is 1. The van der Waals surface area contributed by atoms with Crippen LogP contribution in [0.4, 0.5) is 0 Å². The molecule has 4 nitrogen and oxygen atoms in total. The number of nitrogens with one attached hydrogen (secondary N) is 1. The second-order valence-electron chi connectivity index (χ2n) is 4.46. The molecule has 0 radical (unpaired) electrons. The fraction of sp³-hybridized carbons (Fsp3) is 0.462. The molecule has 18 heavy (non-hydrogen) atoms. The van der Waals surface area contributed by atoms with E-state index in [1.807, 2.05) is 31.0 Å². The van der Waals surface area contributed by atoms with Gasteiger partial charge in [0.1, 0.15) is 5.75 Å². The van der Waals surface area contributed by atoms with Crippen molar-refractivity contribution in [2.24, 2.45) is 5.92 Å². The summed E-state index contributed by atoms with van der Waals surface area (Å²) in [5, 5.41) is 12.5. The fourth-order valence-corrected chi connectivity index (χ4v) is 2.25. The molecule has 5 heteroatoms. The first kappa shape index (κ1) is 15.0. The molecule has 0 saturated heterocycles. The van der Waals surface area contributed by atoms with Crippen molar-refractivity contribution >= 4 is 21.8 Å². The smallest absolute Gasteiger partial charge is 0.223 e. The number of rotatable bonds is 5. The van der Waals surface area contributed by atoms with Crippen LogP contribution in [0, 0.1) is 5.92 Å². The van der Waals surface area contributed by atoms with Crippen molar-refractivity contribution in [3.63, 3.8) is 0 Å². The average molecular weight is 315 g/mol. The third kappa shape index (κ3) is 3.99. The summed E-state index contributed by atoms with van der Waals surface area (Å²) in [6, 6.07) is 5.56. The van der Waals surface area contributed by atoms with Crippen LogP contribution in [0.15, 0.2) is 22.7 Å². The van der Waals surface area contributed by atoms with Crippen molar-refractivity contribution in [1.29, 1.82) is 0 Å². The minimum atomic E-state index is -0.0747. The molecule has 1 unspecified atom stereocenters. The van der Waals surface area contributed by atoms with Crippen LogP contribution in [0.25, 0.3) is 0 Å². The van der Waals surface area contributed by atoms with Crippen LogP contribution in [0.3, 0.4) is 0 Å². The lowest BCUT2D eigenvalue weighted by Crippen LogP contribution is -2.34. The highest BCUT2D eigenvalue weighted by Crippen LogP contribution is 2.28. The van der Waals surface area contributed by atoms with Gasteiger partial charge in [0.05, 0.1) is 4.47 Å². The van der Waals surface area contributed by atoms with Gasteiger partial charge in [0.2, 0.25) is 5.91 Å². The quantitative estimate of drug-likeness (QED) is 0.873. The molecule has 0 aliphatic heterocycles. The van der Waals surface area contributed by atoms with Gasteiger partial charge < -0.3 is 15.3 Å². The van der Waals surface area contributed by atoms with Gasteiger partial charge in [-0.05, 0) is 29.0 Å². The van der Waals surface area contributed by atoms with Gasteiger partial charge >= 0.3 is 0 Å². The van der Waals surface area contributed by atoms with E-state index in [1.54, 1.807) is 13.1 Å². The van der Waals surface area contributed by atoms with E-state index in [4.69, 9.17) is 0 Å². The Hall–Kier alpha value is -1.07. The second-order valence-corrected chi connectivity index (χ2v) is 5.31. The standard InChI is InChI=1S/C13H19BrN2O2/c1-9(13(18)15-2)7-16(3)8-10-5-4-6-11(14)12(10)17/h4-6,9,17H,7-8H2,1-3H3,(H,15,18). The summed E-state index contributed by atoms with van der Waals surface area (Å²) in [6.45, 7) is 3.13. The first-order valence-corrected chi connectivity index (χ1v) is 6.61. The highest BCUT2D eigenvalue weighted by atomic mass is 79.9. The molecule has 100 valence electrons. The predicted octanol–water partition coefficient (Wildman–Crippen LogP) is 1.97. The Bertz CT molecular complexity index is 423. The number of benzene rings is 1. The van der Waals surface area contributed by atoms with Crippen LogP contribution >= 0.6 is 15.9 Å². The van der Waals surface area contributed by atoms with Gasteiger partial charge in [-0.2, -0.15) is 0 Å². The maximum absolute atomic E-state index is 11.4. The molecule has 1 aromatic carbocycles. The molecule has 0 fully saturated rings. The summed E-state index contributed by atoms with van der Waals surface area (Å²) in [6.07, 6.45) is 0. The summed E-state index contributed by atoms with van der Waals surface area (Å²) >= 11 is 3.29. The third-order valence-electron chi connectivity index (χ3n) is 2.79. The lowest BCUT2D eigenvalue weighted by atomic mass is 10.1. The normalized spacial score (nSPS) is 12.5. The van der Waals surface area contributed by atoms with Gasteiger partial charge in [-0.1, -0.05) is 19.1 Å². The number of carbonyl (C=O) groups is 1. The van der Waals surface area contributed by atoms with Crippen LogP contribution in [0.5, 0.6) is 5.75 Å². The van der Waals surface area contributed by atoms with E-state index < -0.39 is 0 Å². The molecular weight excluding hydrogens is 296 g/mol. The Morgan fingerprint density at radius 1 is 1.56 bits per heavy atom. The molecule has 0 aliphatic rings. The predicted molar refractivity (Wildman–Crippen MR) is 75.4 cm³/mol. The Kier molecular flexibility index (Phi) is 5.62. The molecular formula is C13H19BrN2O2. The molecule has 2 N–H and O–H groups in total. The van der Waals surface area contributed by atoms with Crippen molar-refractivity contribution in [1.82, 2.24) is 10.2 Å². The Morgan fingerprint density at radius 3 is 2.83 bits per heavy atom. The molecule has 1 amide bonds. The molecule has 1 aromatic rings. The van der Waals surface area contributed by atoms with Crippen LogP contribution in [0.1, 0.15) is 12.5 Å². The Balaban J connectivity index is 2.62. The van der Waals surface area contributed by atoms with E-state index in [0.29, 0.717) is 17.6 Å². The summed E-state index contributed by atoms with van der Waals surface area (Å²) in [7, 11) is 3.57. The summed E-state index contributed by atoms with van der Waals surface area (Å²) < 4.78 is 0.688. The first-order chi connectivity index (χ1) is 8.45. The molecule has 0 aromatic heterocycles. The number of para-hydroxylation sites is 1. The zero-order chi connectivity index (χ0) is 13.7. The van der Waals surface area contributed by atoms with E-state index in [0.717, 1.165) is 5.56 Å². The lowest BCUT2D eigenvalue weighted by molar-refractivity contribution is -0.124. The van der Waals surface area contributed by atoms with Gasteiger partial charge in [0.25, 0.3) is 0 Å². The maximum Gasteiger partial charge on any atom is 0.223 e. The van der Waals surface area contributed by atoms with E-state index >= 15 is 0 Å². The van der Waals surface area contributed by atoms with Crippen LogP contribution < -0.4 is 5.32 Å². The van der Waals surface area contributed by atoms with Gasteiger partial charge in [-0.15, -0.1) is 0 Å². The van der Waals surface area contributed by atoms with Crippen molar-refractivity contribution in [2.45, 2.75) is 13.5 Å². The Labute approximate surface area is 116 Å². The van der Waals surface area contributed by atoms with Gasteiger partial charge in [-0.3, -0.25) is 4.79 Å². The van der Waals surface area contributed by atoms with Gasteiger partial charge in [0, 0.05) is 31.6 Å². The van der Waals surface area contributed by atoms with Crippen molar-refractivity contribution in [2.75, 3.05) is 20.6 Å². The van der Waals surface area contributed by atoms with Gasteiger partial charge in [-0.25, -0.2) is 0 Å². The SMILES string of the molecule is CNC(=O)C(C)CN(C)Cc1cccc(Br)c1O. The molecule has 0 spiro atoms. The van der Waals surface area contributed by atoms with Crippen LogP contribution in [0.2, 0.25) is 0 Å². The maximum atomic E-state index is 11.4. The van der Waals surface area contributed by atoms with E-state index in [2.05, 4.69) is 21.2 Å². The second kappa shape index (κ2) is 6.75. The van der Waals surface area contributed by atoms with E-state index in [-0.39, 0.29) is 17.6 Å².